The lowest BCUT2D eigenvalue weighted by molar-refractivity contribution is -0.157. The largest absolute Gasteiger partial charge is 0.459 e. The number of rotatable bonds is 10. The van der Waals surface area contributed by atoms with Crippen LogP contribution in [0.25, 0.3) is 0 Å². The number of ether oxygens (including phenoxy) is 2. The van der Waals surface area contributed by atoms with Crippen LogP contribution in [0.15, 0.2) is 41.2 Å². The monoisotopic (exact) mass is 590 g/mol. The van der Waals surface area contributed by atoms with Gasteiger partial charge < -0.3 is 24.6 Å². The van der Waals surface area contributed by atoms with Crippen molar-refractivity contribution in [2.45, 2.75) is 78.6 Å². The number of likely N-dealkylation sites (tertiary alicyclic amines) is 1. The molecule has 2 N–H and O–H groups in total. The Bertz CT molecular complexity index is 1120. The fraction of sp³-hybridized carbons (Fsp3) is 0.586. The molecule has 0 aromatic heterocycles. The van der Waals surface area contributed by atoms with E-state index >= 15 is 0 Å². The molecule has 2 aliphatic heterocycles. The van der Waals surface area contributed by atoms with Crippen LogP contribution in [0, 0.1) is 0 Å². The third-order valence-corrected chi connectivity index (χ3v) is 6.87. The first-order chi connectivity index (χ1) is 19.5. The van der Waals surface area contributed by atoms with E-state index < -0.39 is 29.1 Å². The van der Waals surface area contributed by atoms with Gasteiger partial charge in [-0.3, -0.25) is 14.9 Å². The number of amides is 2. The molecule has 3 rings (SSSR count). The van der Waals surface area contributed by atoms with Gasteiger partial charge in [0.25, 0.3) is 0 Å². The van der Waals surface area contributed by atoms with Gasteiger partial charge in [0.05, 0.1) is 11.9 Å². The third-order valence-electron chi connectivity index (χ3n) is 6.69. The number of hydrogen-bond acceptors (Lipinski definition) is 9. The average molecular weight is 591 g/mol. The minimum Gasteiger partial charge on any atom is -0.459 e. The standard InChI is InChI=1S/C29H43ClN6O5/c1-7-31-23-19-32-27(34(8-2)9-3)36(26(30)38)24(23)33-22(25(37)41-29(4,5)6)18-20-12-14-21(15-13-20)40-28(39)35-16-10-11-17-35/h12-15,19,22,24,31,33H,7-11,16-18H2,1-6H3/t22-,24?/m0/s1. The fourth-order valence-corrected chi connectivity index (χ4v) is 4.89. The maximum Gasteiger partial charge on any atom is 0.415 e. The number of carbonyl (C=O) groups is 3. The zero-order valence-electron chi connectivity index (χ0n) is 24.9. The molecule has 0 bridgehead atoms. The highest BCUT2D eigenvalue weighted by atomic mass is 35.5. The molecule has 0 aliphatic carbocycles. The minimum atomic E-state index is -0.853. The van der Waals surface area contributed by atoms with Gasteiger partial charge in [0.15, 0.2) is 0 Å². The second kappa shape index (κ2) is 14.5. The van der Waals surface area contributed by atoms with E-state index in [1.165, 1.54) is 4.90 Å². The van der Waals surface area contributed by atoms with Crippen LogP contribution in [0.4, 0.5) is 9.59 Å². The van der Waals surface area contributed by atoms with Crippen molar-refractivity contribution in [3.63, 3.8) is 0 Å². The van der Waals surface area contributed by atoms with Crippen molar-refractivity contribution in [3.8, 4) is 5.75 Å². The Labute approximate surface area is 247 Å². The second-order valence-electron chi connectivity index (χ2n) is 10.9. The summed E-state index contributed by atoms with van der Waals surface area (Å²) in [6.07, 6.45) is 2.70. The van der Waals surface area contributed by atoms with Gasteiger partial charge in [0.2, 0.25) is 5.96 Å². The van der Waals surface area contributed by atoms with Crippen molar-refractivity contribution < 1.29 is 23.9 Å². The van der Waals surface area contributed by atoms with Crippen LogP contribution in [-0.2, 0) is 16.0 Å². The van der Waals surface area contributed by atoms with Crippen molar-refractivity contribution >= 4 is 35.0 Å². The molecule has 1 fully saturated rings. The van der Waals surface area contributed by atoms with Gasteiger partial charge in [-0.05, 0) is 90.1 Å². The van der Waals surface area contributed by atoms with Crippen LogP contribution in [0.5, 0.6) is 5.75 Å². The molecule has 41 heavy (non-hydrogen) atoms. The molecule has 11 nitrogen and oxygen atoms in total. The molecular formula is C29H43ClN6O5. The first-order valence-corrected chi connectivity index (χ1v) is 14.6. The Balaban J connectivity index is 1.88. The van der Waals surface area contributed by atoms with E-state index in [1.54, 1.807) is 56.1 Å². The molecule has 0 spiro atoms. The number of benzene rings is 1. The van der Waals surface area contributed by atoms with Gasteiger partial charge in [0, 0.05) is 32.7 Å². The summed E-state index contributed by atoms with van der Waals surface area (Å²) in [5.74, 6) is 0.337. The van der Waals surface area contributed by atoms with E-state index in [9.17, 15) is 14.4 Å². The number of esters is 1. The van der Waals surface area contributed by atoms with E-state index in [4.69, 9.17) is 21.1 Å². The maximum absolute atomic E-state index is 13.5. The Morgan fingerprint density at radius 2 is 1.73 bits per heavy atom. The first kappa shape index (κ1) is 32.2. The highest BCUT2D eigenvalue weighted by Crippen LogP contribution is 2.22. The summed E-state index contributed by atoms with van der Waals surface area (Å²) in [6.45, 7) is 14.4. The van der Waals surface area contributed by atoms with E-state index in [-0.39, 0.29) is 12.5 Å². The molecule has 1 aromatic rings. The average Bonchev–Trinajstić information content (AvgIpc) is 3.45. The Morgan fingerprint density at radius 3 is 2.27 bits per heavy atom. The summed E-state index contributed by atoms with van der Waals surface area (Å²) in [6, 6.07) is 6.18. The molecule has 1 unspecified atom stereocenters. The number of nitrogens with one attached hydrogen (secondary N) is 2. The van der Waals surface area contributed by atoms with E-state index in [0.29, 0.717) is 50.1 Å². The molecule has 0 radical (unpaired) electrons. The van der Waals surface area contributed by atoms with Crippen LogP contribution >= 0.6 is 11.6 Å². The number of aliphatic imine (C=N–C) groups is 1. The summed E-state index contributed by atoms with van der Waals surface area (Å²) < 4.78 is 11.3. The van der Waals surface area contributed by atoms with Crippen molar-refractivity contribution in [3.05, 3.63) is 41.7 Å². The lowest BCUT2D eigenvalue weighted by atomic mass is 10.0. The maximum atomic E-state index is 13.5. The van der Waals surface area contributed by atoms with Crippen molar-refractivity contribution in [1.82, 2.24) is 25.3 Å². The smallest absolute Gasteiger partial charge is 0.415 e. The Morgan fingerprint density at radius 1 is 1.10 bits per heavy atom. The number of halogens is 1. The van der Waals surface area contributed by atoms with Gasteiger partial charge in [-0.2, -0.15) is 0 Å². The highest BCUT2D eigenvalue weighted by Gasteiger charge is 2.38. The molecule has 226 valence electrons. The van der Waals surface area contributed by atoms with E-state index in [0.717, 1.165) is 18.4 Å². The summed E-state index contributed by atoms with van der Waals surface area (Å²) in [5, 5.41) is 5.83. The molecule has 1 aromatic carbocycles. The molecular weight excluding hydrogens is 548 g/mol. The summed E-state index contributed by atoms with van der Waals surface area (Å²) >= 11 is 6.13. The normalized spacial score (nSPS) is 17.9. The zero-order chi connectivity index (χ0) is 30.2. The predicted molar refractivity (Wildman–Crippen MR) is 159 cm³/mol. The number of nitrogens with zero attached hydrogens (tertiary/aromatic N) is 4. The Hall–Kier alpha value is -3.31. The van der Waals surface area contributed by atoms with Crippen LogP contribution in [0.1, 0.15) is 59.9 Å². The zero-order valence-corrected chi connectivity index (χ0v) is 25.7. The van der Waals surface area contributed by atoms with Crippen molar-refractivity contribution in [1.29, 1.82) is 0 Å². The number of carbonyl (C=O) groups excluding carboxylic acids is 3. The van der Waals surface area contributed by atoms with Crippen LogP contribution in [0.3, 0.4) is 0 Å². The molecule has 1 saturated heterocycles. The van der Waals surface area contributed by atoms with Crippen LogP contribution in [-0.4, -0.2) is 88.6 Å². The molecule has 2 aliphatic rings. The number of likely N-dealkylation sites (N-methyl/N-ethyl adjacent to an activating group) is 1. The van der Waals surface area contributed by atoms with Crippen LogP contribution in [0.2, 0.25) is 0 Å². The summed E-state index contributed by atoms with van der Waals surface area (Å²) in [7, 11) is 0. The summed E-state index contributed by atoms with van der Waals surface area (Å²) in [4.78, 5) is 48.1. The van der Waals surface area contributed by atoms with Gasteiger partial charge >= 0.3 is 17.4 Å². The van der Waals surface area contributed by atoms with E-state index in [1.807, 2.05) is 25.7 Å². The highest BCUT2D eigenvalue weighted by molar-refractivity contribution is 6.64. The van der Waals surface area contributed by atoms with E-state index in [2.05, 4.69) is 15.6 Å². The Kier molecular flexibility index (Phi) is 11.4. The molecule has 2 heterocycles. The fourth-order valence-electron chi connectivity index (χ4n) is 4.71. The molecule has 2 amide bonds. The quantitative estimate of drug-likeness (QED) is 0.236. The van der Waals surface area contributed by atoms with Gasteiger partial charge in [0.1, 0.15) is 23.6 Å². The molecule has 0 saturated carbocycles. The van der Waals surface area contributed by atoms with Crippen molar-refractivity contribution in [2.75, 3.05) is 32.7 Å². The van der Waals surface area contributed by atoms with Gasteiger partial charge in [-0.1, -0.05) is 12.1 Å². The minimum absolute atomic E-state index is 0.243. The summed E-state index contributed by atoms with van der Waals surface area (Å²) in [5.41, 5.74) is 0.670. The first-order valence-electron chi connectivity index (χ1n) is 14.3. The number of guanidine groups is 1. The van der Waals surface area contributed by atoms with Gasteiger partial charge in [-0.25, -0.2) is 14.7 Å². The lowest BCUT2D eigenvalue weighted by Crippen LogP contribution is -2.62. The van der Waals surface area contributed by atoms with Gasteiger partial charge in [-0.15, -0.1) is 0 Å². The third kappa shape index (κ3) is 8.84. The van der Waals surface area contributed by atoms with Crippen molar-refractivity contribution in [2.24, 2.45) is 4.99 Å². The molecule has 2 atom stereocenters. The second-order valence-corrected chi connectivity index (χ2v) is 11.2. The predicted octanol–water partition coefficient (Wildman–Crippen LogP) is 4.27. The number of hydrogen-bond donors (Lipinski definition) is 2. The van der Waals surface area contributed by atoms with Crippen LogP contribution < -0.4 is 15.4 Å². The molecule has 12 heteroatoms. The topological polar surface area (TPSA) is 116 Å². The lowest BCUT2D eigenvalue weighted by Gasteiger charge is -2.40. The SMILES string of the molecule is CCNC1=CN=C(N(CC)CC)N(C(=O)Cl)C1N[C@@H](Cc1ccc(OC(=O)N2CCCC2)cc1)C(=O)OC(C)(C)C.